The molecule has 2 N–H and O–H groups in total. The van der Waals surface area contributed by atoms with E-state index >= 15 is 0 Å². The average Bonchev–Trinajstić information content (AvgIpc) is 3.19. The van der Waals surface area contributed by atoms with Crippen molar-refractivity contribution >= 4 is 29.3 Å². The lowest BCUT2D eigenvalue weighted by Crippen LogP contribution is -2.25. The maximum absolute atomic E-state index is 12.6. The van der Waals surface area contributed by atoms with Crippen LogP contribution in [0.2, 0.25) is 0 Å². The monoisotopic (exact) mass is 407 g/mol. The Balaban J connectivity index is 1.59. The molecule has 0 saturated heterocycles. The van der Waals surface area contributed by atoms with Gasteiger partial charge >= 0.3 is 0 Å². The molecule has 0 atom stereocenters. The molecule has 3 rings (SSSR count). The standard InChI is InChI=1S/C21H21N5O2S/c1-2-12-26-15-23-25-21(26)29-14-19(27)24-18-11-7-6-10-17(18)20(28)22-13-16-8-4-3-5-9-16/h2-11,15H,1,12-14H2,(H,22,28)(H,24,27). The van der Waals surface area contributed by atoms with Crippen LogP contribution in [0.5, 0.6) is 0 Å². The first-order valence-corrected chi connectivity index (χ1v) is 9.98. The number of hydrogen-bond acceptors (Lipinski definition) is 5. The Labute approximate surface area is 173 Å². The molecular formula is C21H21N5O2S. The molecule has 1 heterocycles. The van der Waals surface area contributed by atoms with Crippen molar-refractivity contribution in [2.24, 2.45) is 0 Å². The van der Waals surface area contributed by atoms with Crippen molar-refractivity contribution in [3.63, 3.8) is 0 Å². The van der Waals surface area contributed by atoms with Gasteiger partial charge in [0.25, 0.3) is 5.91 Å². The molecule has 8 heteroatoms. The van der Waals surface area contributed by atoms with E-state index in [0.29, 0.717) is 29.5 Å². The lowest BCUT2D eigenvalue weighted by molar-refractivity contribution is -0.113. The third kappa shape index (κ3) is 5.79. The molecule has 7 nitrogen and oxygen atoms in total. The number of hydrogen-bond donors (Lipinski definition) is 2. The molecule has 29 heavy (non-hydrogen) atoms. The maximum Gasteiger partial charge on any atom is 0.253 e. The van der Waals surface area contributed by atoms with Crippen LogP contribution in [0.1, 0.15) is 15.9 Å². The quantitative estimate of drug-likeness (QED) is 0.420. The Morgan fingerprint density at radius 1 is 1.10 bits per heavy atom. The number of carbonyl (C=O) groups is 2. The normalized spacial score (nSPS) is 10.3. The molecule has 0 radical (unpaired) electrons. The summed E-state index contributed by atoms with van der Waals surface area (Å²) in [5.74, 6) is -0.329. The predicted molar refractivity (Wildman–Crippen MR) is 114 cm³/mol. The van der Waals surface area contributed by atoms with E-state index in [9.17, 15) is 9.59 Å². The van der Waals surface area contributed by atoms with E-state index in [2.05, 4.69) is 27.4 Å². The van der Waals surface area contributed by atoms with Gasteiger partial charge in [-0.05, 0) is 17.7 Å². The Kier molecular flexibility index (Phi) is 7.18. The largest absolute Gasteiger partial charge is 0.348 e. The molecule has 0 fully saturated rings. The third-order valence-electron chi connectivity index (χ3n) is 3.98. The van der Waals surface area contributed by atoms with Gasteiger partial charge in [0.15, 0.2) is 5.16 Å². The van der Waals surface area contributed by atoms with Crippen molar-refractivity contribution in [3.05, 3.63) is 84.7 Å². The number of thioether (sulfide) groups is 1. The van der Waals surface area contributed by atoms with Crippen LogP contribution in [0, 0.1) is 0 Å². The molecule has 0 bridgehead atoms. The van der Waals surface area contributed by atoms with Crippen LogP contribution in [-0.4, -0.2) is 32.3 Å². The number of carbonyl (C=O) groups excluding carboxylic acids is 2. The van der Waals surface area contributed by atoms with Crippen LogP contribution in [0.15, 0.2) is 78.7 Å². The van der Waals surface area contributed by atoms with Gasteiger partial charge in [-0.3, -0.25) is 9.59 Å². The Morgan fingerprint density at radius 2 is 1.86 bits per heavy atom. The zero-order valence-corrected chi connectivity index (χ0v) is 16.6. The number of anilines is 1. The minimum absolute atomic E-state index is 0.149. The molecule has 0 aliphatic carbocycles. The number of para-hydroxylation sites is 1. The van der Waals surface area contributed by atoms with Crippen molar-refractivity contribution in [2.75, 3.05) is 11.1 Å². The first kappa shape index (κ1) is 20.3. The molecule has 2 amide bonds. The lowest BCUT2D eigenvalue weighted by atomic mass is 10.1. The minimum Gasteiger partial charge on any atom is -0.348 e. The molecule has 0 unspecified atom stereocenters. The Hall–Kier alpha value is -3.39. The number of rotatable bonds is 9. The molecule has 0 spiro atoms. The van der Waals surface area contributed by atoms with E-state index < -0.39 is 0 Å². The zero-order chi connectivity index (χ0) is 20.5. The van der Waals surface area contributed by atoms with Gasteiger partial charge < -0.3 is 15.2 Å². The first-order valence-electron chi connectivity index (χ1n) is 9.00. The highest BCUT2D eigenvalue weighted by Crippen LogP contribution is 2.18. The van der Waals surface area contributed by atoms with Crippen LogP contribution in [0.3, 0.4) is 0 Å². The van der Waals surface area contributed by atoms with Gasteiger partial charge in [-0.15, -0.1) is 16.8 Å². The van der Waals surface area contributed by atoms with Gasteiger partial charge in [-0.1, -0.05) is 60.3 Å². The van der Waals surface area contributed by atoms with Crippen molar-refractivity contribution in [1.29, 1.82) is 0 Å². The van der Waals surface area contributed by atoms with Crippen LogP contribution in [0.4, 0.5) is 5.69 Å². The SMILES string of the molecule is C=CCn1cnnc1SCC(=O)Nc1ccccc1C(=O)NCc1ccccc1. The molecule has 2 aromatic carbocycles. The number of benzene rings is 2. The average molecular weight is 407 g/mol. The van der Waals surface area contributed by atoms with E-state index in [4.69, 9.17) is 0 Å². The van der Waals surface area contributed by atoms with Gasteiger partial charge in [0, 0.05) is 13.1 Å². The third-order valence-corrected chi connectivity index (χ3v) is 4.96. The molecule has 0 aliphatic heterocycles. The molecule has 3 aromatic rings. The summed E-state index contributed by atoms with van der Waals surface area (Å²) in [7, 11) is 0. The number of nitrogens with zero attached hydrogens (tertiary/aromatic N) is 3. The van der Waals surface area contributed by atoms with Gasteiger partial charge in [-0.2, -0.15) is 0 Å². The van der Waals surface area contributed by atoms with Crippen LogP contribution in [-0.2, 0) is 17.9 Å². The minimum atomic E-state index is -0.247. The predicted octanol–water partition coefficient (Wildman–Crippen LogP) is 3.12. The van der Waals surface area contributed by atoms with Crippen LogP contribution < -0.4 is 10.6 Å². The number of amides is 2. The van der Waals surface area contributed by atoms with Crippen molar-refractivity contribution < 1.29 is 9.59 Å². The first-order chi connectivity index (χ1) is 14.2. The number of nitrogens with one attached hydrogen (secondary N) is 2. The van der Waals surface area contributed by atoms with Crippen LogP contribution >= 0.6 is 11.8 Å². The second kappa shape index (κ2) is 10.2. The summed E-state index contributed by atoms with van der Waals surface area (Å²) in [6, 6.07) is 16.6. The summed E-state index contributed by atoms with van der Waals surface area (Å²) < 4.78 is 1.80. The summed E-state index contributed by atoms with van der Waals surface area (Å²) in [6.07, 6.45) is 3.33. The molecule has 1 aromatic heterocycles. The van der Waals surface area contributed by atoms with Crippen molar-refractivity contribution in [3.8, 4) is 0 Å². The van der Waals surface area contributed by atoms with E-state index in [0.717, 1.165) is 5.56 Å². The van der Waals surface area contributed by atoms with E-state index in [-0.39, 0.29) is 17.6 Å². The summed E-state index contributed by atoms with van der Waals surface area (Å²) in [6.45, 7) is 4.67. The van der Waals surface area contributed by atoms with Crippen molar-refractivity contribution in [1.82, 2.24) is 20.1 Å². The molecule has 0 aliphatic rings. The van der Waals surface area contributed by atoms with Crippen LogP contribution in [0.25, 0.3) is 0 Å². The number of allylic oxidation sites excluding steroid dienone is 1. The summed E-state index contributed by atoms with van der Waals surface area (Å²) >= 11 is 1.27. The van der Waals surface area contributed by atoms with Gasteiger partial charge in [0.05, 0.1) is 17.0 Å². The molecule has 0 saturated carbocycles. The highest BCUT2D eigenvalue weighted by Gasteiger charge is 2.14. The summed E-state index contributed by atoms with van der Waals surface area (Å²) in [5, 5.41) is 14.2. The summed E-state index contributed by atoms with van der Waals surface area (Å²) in [5.41, 5.74) is 1.88. The van der Waals surface area contributed by atoms with E-state index in [1.165, 1.54) is 11.8 Å². The smallest absolute Gasteiger partial charge is 0.253 e. The van der Waals surface area contributed by atoms with E-state index in [1.54, 1.807) is 41.2 Å². The fourth-order valence-corrected chi connectivity index (χ4v) is 3.33. The maximum atomic E-state index is 12.6. The van der Waals surface area contributed by atoms with Gasteiger partial charge in [0.2, 0.25) is 5.91 Å². The second-order valence-electron chi connectivity index (χ2n) is 6.11. The zero-order valence-electron chi connectivity index (χ0n) is 15.7. The molecule has 148 valence electrons. The Morgan fingerprint density at radius 3 is 2.66 bits per heavy atom. The fourth-order valence-electron chi connectivity index (χ4n) is 2.60. The Bertz CT molecular complexity index is 988. The van der Waals surface area contributed by atoms with Gasteiger partial charge in [0.1, 0.15) is 6.33 Å². The fraction of sp³-hybridized carbons (Fsp3) is 0.143. The molecular weight excluding hydrogens is 386 g/mol. The number of aromatic nitrogens is 3. The highest BCUT2D eigenvalue weighted by molar-refractivity contribution is 7.99. The van der Waals surface area contributed by atoms with Crippen molar-refractivity contribution in [2.45, 2.75) is 18.2 Å². The lowest BCUT2D eigenvalue weighted by Gasteiger charge is -2.11. The van der Waals surface area contributed by atoms with Gasteiger partial charge in [-0.25, -0.2) is 0 Å². The second-order valence-corrected chi connectivity index (χ2v) is 7.05. The van der Waals surface area contributed by atoms with E-state index in [1.807, 2.05) is 30.3 Å². The topological polar surface area (TPSA) is 88.9 Å². The highest BCUT2D eigenvalue weighted by atomic mass is 32.2. The summed E-state index contributed by atoms with van der Waals surface area (Å²) in [4.78, 5) is 25.0.